The van der Waals surface area contributed by atoms with E-state index in [0.717, 1.165) is 17.3 Å². The number of amides is 1. The number of carbonyl (C=O) groups excluding carboxylic acids is 1. The predicted molar refractivity (Wildman–Crippen MR) is 73.6 cm³/mol. The lowest BCUT2D eigenvalue weighted by molar-refractivity contribution is -0.115. The second-order valence-electron chi connectivity index (χ2n) is 3.52. The van der Waals surface area contributed by atoms with E-state index < -0.39 is 5.82 Å². The SMILES string of the molecule is O=C(Nc1cccc(Cl)c1F)C1CSCCS1. The van der Waals surface area contributed by atoms with Crippen molar-refractivity contribution in [3.63, 3.8) is 0 Å². The lowest BCUT2D eigenvalue weighted by Crippen LogP contribution is -2.30. The number of rotatable bonds is 2. The van der Waals surface area contributed by atoms with E-state index in [0.29, 0.717) is 0 Å². The highest BCUT2D eigenvalue weighted by Gasteiger charge is 2.23. The Labute approximate surface area is 113 Å². The summed E-state index contributed by atoms with van der Waals surface area (Å²) >= 11 is 9.01. The van der Waals surface area contributed by atoms with Gasteiger partial charge in [-0.2, -0.15) is 11.8 Å². The summed E-state index contributed by atoms with van der Waals surface area (Å²) in [7, 11) is 0. The van der Waals surface area contributed by atoms with Crippen molar-refractivity contribution in [1.29, 1.82) is 0 Å². The van der Waals surface area contributed by atoms with E-state index in [4.69, 9.17) is 11.6 Å². The molecule has 0 spiro atoms. The molecule has 1 saturated heterocycles. The predicted octanol–water partition coefficient (Wildman–Crippen LogP) is 3.27. The zero-order valence-corrected chi connectivity index (χ0v) is 11.3. The van der Waals surface area contributed by atoms with E-state index in [-0.39, 0.29) is 21.9 Å². The number of thioether (sulfide) groups is 2. The van der Waals surface area contributed by atoms with Crippen molar-refractivity contribution in [1.82, 2.24) is 0 Å². The molecule has 6 heteroatoms. The van der Waals surface area contributed by atoms with Gasteiger partial charge in [0.1, 0.15) is 0 Å². The van der Waals surface area contributed by atoms with Crippen LogP contribution in [0.3, 0.4) is 0 Å². The summed E-state index contributed by atoms with van der Waals surface area (Å²) in [5.41, 5.74) is 0.152. The van der Waals surface area contributed by atoms with E-state index in [1.54, 1.807) is 29.6 Å². The van der Waals surface area contributed by atoms with Gasteiger partial charge in [-0.1, -0.05) is 17.7 Å². The highest BCUT2D eigenvalue weighted by Crippen LogP contribution is 2.27. The van der Waals surface area contributed by atoms with E-state index in [9.17, 15) is 9.18 Å². The third-order valence-corrected chi connectivity index (χ3v) is 5.36. The Bertz CT molecular complexity index is 424. The standard InChI is InChI=1S/C11H11ClFNOS2/c12-7-2-1-3-8(10(7)13)14-11(15)9-6-16-4-5-17-9/h1-3,9H,4-6H2,(H,14,15). The second-order valence-corrected chi connectivity index (χ2v) is 6.39. The normalized spacial score (nSPS) is 20.0. The highest BCUT2D eigenvalue weighted by atomic mass is 35.5. The molecule has 0 radical (unpaired) electrons. The minimum absolute atomic E-state index is 0.0217. The van der Waals surface area contributed by atoms with Gasteiger partial charge in [-0.15, -0.1) is 11.8 Å². The molecule has 1 fully saturated rings. The Morgan fingerprint density at radius 1 is 1.47 bits per heavy atom. The molecular formula is C11H11ClFNOS2. The van der Waals surface area contributed by atoms with Crippen LogP contribution >= 0.6 is 35.1 Å². The molecule has 1 aromatic carbocycles. The molecule has 1 unspecified atom stereocenters. The summed E-state index contributed by atoms with van der Waals surface area (Å²) in [6.45, 7) is 0. The van der Waals surface area contributed by atoms with Gasteiger partial charge in [0.15, 0.2) is 5.82 Å². The molecule has 0 bridgehead atoms. The number of benzene rings is 1. The maximum atomic E-state index is 13.6. The lowest BCUT2D eigenvalue weighted by atomic mass is 10.3. The van der Waals surface area contributed by atoms with E-state index in [2.05, 4.69) is 5.32 Å². The molecule has 1 aromatic rings. The van der Waals surface area contributed by atoms with E-state index in [1.807, 2.05) is 0 Å². The summed E-state index contributed by atoms with van der Waals surface area (Å²) < 4.78 is 13.6. The third kappa shape index (κ3) is 3.30. The van der Waals surface area contributed by atoms with Crippen LogP contribution in [-0.2, 0) is 4.79 Å². The van der Waals surface area contributed by atoms with Crippen LogP contribution in [0.4, 0.5) is 10.1 Å². The molecule has 0 aromatic heterocycles. The molecular weight excluding hydrogens is 281 g/mol. The topological polar surface area (TPSA) is 29.1 Å². The Kier molecular flexibility index (Phi) is 4.59. The van der Waals surface area contributed by atoms with Gasteiger partial charge in [0.05, 0.1) is 16.0 Å². The molecule has 2 nitrogen and oxygen atoms in total. The maximum Gasteiger partial charge on any atom is 0.238 e. The van der Waals surface area contributed by atoms with Gasteiger partial charge in [-0.05, 0) is 12.1 Å². The van der Waals surface area contributed by atoms with Gasteiger partial charge in [0, 0.05) is 17.3 Å². The fraction of sp³-hybridized carbons (Fsp3) is 0.364. The Hall–Kier alpha value is -0.390. The third-order valence-electron chi connectivity index (χ3n) is 2.32. The van der Waals surface area contributed by atoms with Crippen molar-refractivity contribution in [2.24, 2.45) is 0 Å². The van der Waals surface area contributed by atoms with Crippen LogP contribution in [0, 0.1) is 5.82 Å². The monoisotopic (exact) mass is 291 g/mol. The Morgan fingerprint density at radius 3 is 3.00 bits per heavy atom. The van der Waals surface area contributed by atoms with Crippen molar-refractivity contribution in [2.75, 3.05) is 22.6 Å². The summed E-state index contributed by atoms with van der Waals surface area (Å²) in [6.07, 6.45) is 0. The first kappa shape index (κ1) is 13.1. The van der Waals surface area contributed by atoms with Crippen LogP contribution in [-0.4, -0.2) is 28.4 Å². The molecule has 1 aliphatic rings. The van der Waals surface area contributed by atoms with Crippen LogP contribution in [0.2, 0.25) is 5.02 Å². The molecule has 92 valence electrons. The zero-order valence-electron chi connectivity index (χ0n) is 8.91. The minimum atomic E-state index is -0.573. The maximum absolute atomic E-state index is 13.6. The van der Waals surface area contributed by atoms with Crippen LogP contribution in [0.1, 0.15) is 0 Å². The average Bonchev–Trinajstić information content (AvgIpc) is 2.36. The lowest BCUT2D eigenvalue weighted by Gasteiger charge is -2.20. The Morgan fingerprint density at radius 2 is 2.29 bits per heavy atom. The quantitative estimate of drug-likeness (QED) is 0.907. The van der Waals surface area contributed by atoms with Gasteiger partial charge in [0.2, 0.25) is 5.91 Å². The van der Waals surface area contributed by atoms with Crippen molar-refractivity contribution >= 4 is 46.7 Å². The number of nitrogens with one attached hydrogen (secondary N) is 1. The molecule has 1 atom stereocenters. The van der Waals surface area contributed by atoms with Gasteiger partial charge >= 0.3 is 0 Å². The van der Waals surface area contributed by atoms with Crippen LogP contribution < -0.4 is 5.32 Å². The summed E-state index contributed by atoms with van der Waals surface area (Å²) in [6, 6.07) is 4.58. The zero-order chi connectivity index (χ0) is 12.3. The molecule has 2 rings (SSSR count). The van der Waals surface area contributed by atoms with Crippen LogP contribution in [0.25, 0.3) is 0 Å². The van der Waals surface area contributed by atoms with Crippen LogP contribution in [0.15, 0.2) is 18.2 Å². The van der Waals surface area contributed by atoms with Crippen molar-refractivity contribution in [3.8, 4) is 0 Å². The number of hydrogen-bond acceptors (Lipinski definition) is 3. The van der Waals surface area contributed by atoms with Crippen molar-refractivity contribution < 1.29 is 9.18 Å². The fourth-order valence-electron chi connectivity index (χ4n) is 1.45. The van der Waals surface area contributed by atoms with Gasteiger partial charge < -0.3 is 5.32 Å². The average molecular weight is 292 g/mol. The summed E-state index contributed by atoms with van der Waals surface area (Å²) in [4.78, 5) is 11.9. The number of halogens is 2. The second kappa shape index (κ2) is 5.98. The molecule has 1 heterocycles. The van der Waals surface area contributed by atoms with E-state index in [1.165, 1.54) is 12.1 Å². The van der Waals surface area contributed by atoms with Crippen molar-refractivity contribution in [3.05, 3.63) is 29.0 Å². The van der Waals surface area contributed by atoms with Gasteiger partial charge in [-0.25, -0.2) is 4.39 Å². The fourth-order valence-corrected chi connectivity index (χ4v) is 4.18. The number of anilines is 1. The molecule has 1 N–H and O–H groups in total. The molecule has 0 aliphatic carbocycles. The molecule has 1 amide bonds. The number of hydrogen-bond donors (Lipinski definition) is 1. The minimum Gasteiger partial charge on any atom is -0.323 e. The molecule has 1 aliphatic heterocycles. The first-order valence-electron chi connectivity index (χ1n) is 5.12. The van der Waals surface area contributed by atoms with E-state index >= 15 is 0 Å². The summed E-state index contributed by atoms with van der Waals surface area (Å²) in [5, 5.41) is 2.51. The van der Waals surface area contributed by atoms with Crippen molar-refractivity contribution in [2.45, 2.75) is 5.25 Å². The first-order valence-corrected chi connectivity index (χ1v) is 7.71. The highest BCUT2D eigenvalue weighted by molar-refractivity contribution is 8.07. The molecule has 17 heavy (non-hydrogen) atoms. The summed E-state index contributed by atoms with van der Waals surface area (Å²) in [5.74, 6) is 2.08. The van der Waals surface area contributed by atoms with Crippen LogP contribution in [0.5, 0.6) is 0 Å². The van der Waals surface area contributed by atoms with Gasteiger partial charge in [0.25, 0.3) is 0 Å². The van der Waals surface area contributed by atoms with Gasteiger partial charge in [-0.3, -0.25) is 4.79 Å². The smallest absolute Gasteiger partial charge is 0.238 e. The molecule has 0 saturated carbocycles. The Balaban J connectivity index is 2.04. The largest absolute Gasteiger partial charge is 0.323 e. The number of carbonyl (C=O) groups is 1. The first-order chi connectivity index (χ1) is 8.18.